The highest BCUT2D eigenvalue weighted by Crippen LogP contribution is 2.44. The van der Waals surface area contributed by atoms with Gasteiger partial charge in [0, 0.05) is 0 Å². The molecule has 0 aliphatic heterocycles. The Labute approximate surface area is 92.4 Å². The highest BCUT2D eigenvalue weighted by molar-refractivity contribution is 5.74. The molecule has 0 radical (unpaired) electrons. The van der Waals surface area contributed by atoms with Gasteiger partial charge in [0.2, 0.25) is 0 Å². The summed E-state index contributed by atoms with van der Waals surface area (Å²) in [6.07, 6.45) is 8.48. The van der Waals surface area contributed by atoms with Crippen LogP contribution >= 0.6 is 0 Å². The Morgan fingerprint density at radius 2 is 2.27 bits per heavy atom. The molecule has 0 aromatic heterocycles. The van der Waals surface area contributed by atoms with Crippen molar-refractivity contribution in [3.05, 3.63) is 0 Å². The lowest BCUT2D eigenvalue weighted by molar-refractivity contribution is -0.156. The minimum Gasteiger partial charge on any atom is -0.452 e. The molecule has 2 atom stereocenters. The van der Waals surface area contributed by atoms with E-state index in [1.165, 1.54) is 6.42 Å². The fraction of sp³-hybridized carbons (Fsp3) is 0.769. The first kappa shape index (κ1) is 12.1. The average Bonchev–Trinajstić information content (AvgIpc) is 2.13. The van der Waals surface area contributed by atoms with Gasteiger partial charge >= 0.3 is 5.97 Å². The monoisotopic (exact) mass is 208 g/mol. The molecule has 0 aromatic carbocycles. The Morgan fingerprint density at radius 1 is 1.60 bits per heavy atom. The van der Waals surface area contributed by atoms with Crippen LogP contribution in [0.2, 0.25) is 0 Å². The Morgan fingerprint density at radius 3 is 2.80 bits per heavy atom. The van der Waals surface area contributed by atoms with E-state index in [0.717, 1.165) is 12.8 Å². The Hall–Kier alpha value is -0.970. The maximum absolute atomic E-state index is 11.9. The first-order valence-electron chi connectivity index (χ1n) is 5.59. The molecule has 1 aliphatic rings. The van der Waals surface area contributed by atoms with E-state index in [-0.39, 0.29) is 23.9 Å². The van der Waals surface area contributed by atoms with Crippen molar-refractivity contribution in [3.63, 3.8) is 0 Å². The number of esters is 1. The second-order valence-corrected chi connectivity index (χ2v) is 5.15. The molecule has 15 heavy (non-hydrogen) atoms. The highest BCUT2D eigenvalue weighted by atomic mass is 16.5. The standard InChI is InChI=1S/C13H20O2/c1-5-9-15-12(14)11-10(2)7-6-8-13(11,3)4/h1,10-11H,6-9H2,2-4H3/t10-,11-/m0/s1. The minimum atomic E-state index is -0.120. The van der Waals surface area contributed by atoms with Crippen molar-refractivity contribution in [2.24, 2.45) is 17.3 Å². The predicted octanol–water partition coefficient (Wildman–Crippen LogP) is 2.63. The van der Waals surface area contributed by atoms with Gasteiger partial charge in [-0.3, -0.25) is 4.79 Å². The molecule has 0 heterocycles. The van der Waals surface area contributed by atoms with Crippen LogP contribution < -0.4 is 0 Å². The van der Waals surface area contributed by atoms with Crippen LogP contribution in [-0.4, -0.2) is 12.6 Å². The summed E-state index contributed by atoms with van der Waals surface area (Å²) in [6.45, 7) is 6.51. The molecule has 2 nitrogen and oxygen atoms in total. The quantitative estimate of drug-likeness (QED) is 0.515. The summed E-state index contributed by atoms with van der Waals surface area (Å²) in [6, 6.07) is 0. The highest BCUT2D eigenvalue weighted by Gasteiger charge is 2.42. The topological polar surface area (TPSA) is 26.3 Å². The van der Waals surface area contributed by atoms with Crippen LogP contribution in [0.15, 0.2) is 0 Å². The van der Waals surface area contributed by atoms with Crippen LogP contribution in [0.5, 0.6) is 0 Å². The van der Waals surface area contributed by atoms with E-state index in [2.05, 4.69) is 26.7 Å². The summed E-state index contributed by atoms with van der Waals surface area (Å²) in [4.78, 5) is 11.9. The summed E-state index contributed by atoms with van der Waals surface area (Å²) < 4.78 is 5.06. The number of hydrogen-bond donors (Lipinski definition) is 0. The van der Waals surface area contributed by atoms with Crippen LogP contribution in [-0.2, 0) is 9.53 Å². The normalized spacial score (nSPS) is 29.2. The summed E-state index contributed by atoms with van der Waals surface area (Å²) >= 11 is 0. The third-order valence-electron chi connectivity index (χ3n) is 3.44. The molecule has 0 unspecified atom stereocenters. The molecule has 1 aliphatic carbocycles. The van der Waals surface area contributed by atoms with Crippen molar-refractivity contribution in [2.75, 3.05) is 6.61 Å². The molecule has 0 amide bonds. The van der Waals surface area contributed by atoms with Crippen LogP contribution in [0, 0.1) is 29.6 Å². The fourth-order valence-corrected chi connectivity index (χ4v) is 2.73. The van der Waals surface area contributed by atoms with Crippen LogP contribution in [0.3, 0.4) is 0 Å². The van der Waals surface area contributed by atoms with Gasteiger partial charge in [0.25, 0.3) is 0 Å². The molecular weight excluding hydrogens is 188 g/mol. The van der Waals surface area contributed by atoms with Crippen LogP contribution in [0.25, 0.3) is 0 Å². The molecule has 1 rings (SSSR count). The number of hydrogen-bond acceptors (Lipinski definition) is 2. The van der Waals surface area contributed by atoms with Crippen LogP contribution in [0.4, 0.5) is 0 Å². The van der Waals surface area contributed by atoms with E-state index >= 15 is 0 Å². The van der Waals surface area contributed by atoms with Gasteiger partial charge in [0.05, 0.1) is 5.92 Å². The lowest BCUT2D eigenvalue weighted by Gasteiger charge is -2.40. The van der Waals surface area contributed by atoms with Crippen molar-refractivity contribution in [3.8, 4) is 12.3 Å². The molecule has 84 valence electrons. The third kappa shape index (κ3) is 2.75. The van der Waals surface area contributed by atoms with Gasteiger partial charge in [0.15, 0.2) is 6.61 Å². The van der Waals surface area contributed by atoms with Gasteiger partial charge in [-0.15, -0.1) is 6.42 Å². The summed E-state index contributed by atoms with van der Waals surface area (Å²) in [5.74, 6) is 2.62. The van der Waals surface area contributed by atoms with E-state index in [4.69, 9.17) is 11.2 Å². The van der Waals surface area contributed by atoms with Crippen molar-refractivity contribution in [1.29, 1.82) is 0 Å². The van der Waals surface area contributed by atoms with Crippen molar-refractivity contribution in [2.45, 2.75) is 40.0 Å². The zero-order chi connectivity index (χ0) is 11.5. The second kappa shape index (κ2) is 4.70. The molecule has 0 saturated heterocycles. The van der Waals surface area contributed by atoms with E-state index in [0.29, 0.717) is 5.92 Å². The number of ether oxygens (including phenoxy) is 1. The van der Waals surface area contributed by atoms with E-state index < -0.39 is 0 Å². The lowest BCUT2D eigenvalue weighted by atomic mass is 9.64. The average molecular weight is 208 g/mol. The fourth-order valence-electron chi connectivity index (χ4n) is 2.73. The molecule has 1 fully saturated rings. The maximum Gasteiger partial charge on any atom is 0.310 e. The van der Waals surface area contributed by atoms with Gasteiger partial charge in [0.1, 0.15) is 0 Å². The van der Waals surface area contributed by atoms with Crippen molar-refractivity contribution < 1.29 is 9.53 Å². The van der Waals surface area contributed by atoms with Gasteiger partial charge in [-0.25, -0.2) is 0 Å². The lowest BCUT2D eigenvalue weighted by Crippen LogP contribution is -2.40. The van der Waals surface area contributed by atoms with E-state index in [1.54, 1.807) is 0 Å². The van der Waals surface area contributed by atoms with Crippen molar-refractivity contribution >= 4 is 5.97 Å². The van der Waals surface area contributed by atoms with Gasteiger partial charge < -0.3 is 4.74 Å². The molecule has 0 aromatic rings. The molecule has 0 bridgehead atoms. The molecule has 0 N–H and O–H groups in total. The number of rotatable bonds is 2. The number of carbonyl (C=O) groups is 1. The largest absolute Gasteiger partial charge is 0.452 e. The Bertz CT molecular complexity index is 273. The first-order valence-corrected chi connectivity index (χ1v) is 5.59. The van der Waals surface area contributed by atoms with E-state index in [9.17, 15) is 4.79 Å². The zero-order valence-corrected chi connectivity index (χ0v) is 9.88. The first-order chi connectivity index (χ1) is 6.99. The molecule has 1 saturated carbocycles. The predicted molar refractivity (Wildman–Crippen MR) is 60.1 cm³/mol. The summed E-state index contributed by atoms with van der Waals surface area (Å²) in [7, 11) is 0. The molecule has 0 spiro atoms. The van der Waals surface area contributed by atoms with Gasteiger partial charge in [-0.2, -0.15) is 0 Å². The number of terminal acetylenes is 1. The SMILES string of the molecule is C#CCOC(=O)[C@@H]1[C@@H](C)CCCC1(C)C. The minimum absolute atomic E-state index is 0.000370. The summed E-state index contributed by atoms with van der Waals surface area (Å²) in [5, 5.41) is 0. The summed E-state index contributed by atoms with van der Waals surface area (Å²) in [5.41, 5.74) is 0.0450. The Kier molecular flexibility index (Phi) is 3.79. The van der Waals surface area contributed by atoms with E-state index in [1.807, 2.05) is 0 Å². The second-order valence-electron chi connectivity index (χ2n) is 5.15. The van der Waals surface area contributed by atoms with Crippen LogP contribution in [0.1, 0.15) is 40.0 Å². The van der Waals surface area contributed by atoms with Gasteiger partial charge in [-0.05, 0) is 24.2 Å². The molecule has 2 heteroatoms. The number of carbonyl (C=O) groups excluding carboxylic acids is 1. The third-order valence-corrected chi connectivity index (χ3v) is 3.44. The smallest absolute Gasteiger partial charge is 0.310 e. The maximum atomic E-state index is 11.9. The zero-order valence-electron chi connectivity index (χ0n) is 9.88. The Balaban J connectivity index is 2.71. The molecular formula is C13H20O2. The van der Waals surface area contributed by atoms with Crippen molar-refractivity contribution in [1.82, 2.24) is 0 Å². The van der Waals surface area contributed by atoms with Gasteiger partial charge in [-0.1, -0.05) is 33.1 Å².